The van der Waals surface area contributed by atoms with Crippen molar-refractivity contribution in [3.05, 3.63) is 11.3 Å². The molecule has 0 saturated carbocycles. The second-order valence-electron chi connectivity index (χ2n) is 2.01. The topological polar surface area (TPSA) is 35.3 Å². The van der Waals surface area contributed by atoms with Crippen LogP contribution in [0.4, 0.5) is 0 Å². The van der Waals surface area contributed by atoms with E-state index in [0.29, 0.717) is 5.88 Å². The van der Waals surface area contributed by atoms with Gasteiger partial charge in [-0.1, -0.05) is 6.92 Å². The average molecular weight is 159 g/mol. The molecule has 0 aliphatic carbocycles. The first-order valence-electron chi connectivity index (χ1n) is 3.11. The molecule has 1 unspecified atom stereocenters. The zero-order valence-corrected chi connectivity index (χ0v) is 7.20. The molecule has 0 aromatic carbocycles. The summed E-state index contributed by atoms with van der Waals surface area (Å²) in [5.41, 5.74) is 0.984. The minimum Gasteiger partial charge on any atom is -0.461 e. The summed E-state index contributed by atoms with van der Waals surface area (Å²) < 4.78 is 9.79. The summed E-state index contributed by atoms with van der Waals surface area (Å²) in [4.78, 5) is 0. The quantitative estimate of drug-likeness (QED) is 0.616. The van der Waals surface area contributed by atoms with Crippen molar-refractivity contribution in [1.29, 1.82) is 0 Å². The second-order valence-corrected chi connectivity index (χ2v) is 2.24. The van der Waals surface area contributed by atoms with Crippen LogP contribution in [-0.4, -0.2) is 5.16 Å². The highest BCUT2D eigenvalue weighted by Crippen LogP contribution is 2.21. The van der Waals surface area contributed by atoms with Gasteiger partial charge in [0.25, 0.3) is 5.88 Å². The van der Waals surface area contributed by atoms with Crippen LogP contribution < -0.4 is 4.52 Å². The lowest BCUT2D eigenvalue weighted by atomic mass is 10.2. The van der Waals surface area contributed by atoms with Gasteiger partial charge in [0.1, 0.15) is 5.76 Å². The van der Waals surface area contributed by atoms with Crippen molar-refractivity contribution in [3.63, 3.8) is 0 Å². The van der Waals surface area contributed by atoms with Crippen LogP contribution >= 0.6 is 9.47 Å². The van der Waals surface area contributed by atoms with Crippen molar-refractivity contribution in [2.45, 2.75) is 20.3 Å². The van der Waals surface area contributed by atoms with Gasteiger partial charge in [0.05, 0.1) is 15.0 Å². The smallest absolute Gasteiger partial charge is 0.259 e. The van der Waals surface area contributed by atoms with Crippen molar-refractivity contribution in [2.75, 3.05) is 0 Å². The third-order valence-corrected chi connectivity index (χ3v) is 1.63. The zero-order valence-electron chi connectivity index (χ0n) is 6.05. The van der Waals surface area contributed by atoms with E-state index >= 15 is 0 Å². The highest BCUT2D eigenvalue weighted by atomic mass is 31.0. The molecule has 1 heterocycles. The van der Waals surface area contributed by atoms with Crippen molar-refractivity contribution in [1.82, 2.24) is 5.16 Å². The molecule has 0 fully saturated rings. The maximum absolute atomic E-state index is 4.95. The third-order valence-electron chi connectivity index (χ3n) is 1.41. The molecule has 0 N–H and O–H groups in total. The van der Waals surface area contributed by atoms with Gasteiger partial charge in [-0.25, -0.2) is 0 Å². The summed E-state index contributed by atoms with van der Waals surface area (Å²) in [6.07, 6.45) is 0.854. The first-order chi connectivity index (χ1) is 4.79. The minimum absolute atomic E-state index is 0.557. The van der Waals surface area contributed by atoms with Crippen LogP contribution in [0.25, 0.3) is 0 Å². The molecule has 0 amide bonds. The SMILES string of the molecule is CCc1onc(OP)c1C. The Labute approximate surface area is 62.0 Å². The molecule has 10 heavy (non-hydrogen) atoms. The first kappa shape index (κ1) is 7.55. The lowest BCUT2D eigenvalue weighted by Crippen LogP contribution is -1.79. The van der Waals surface area contributed by atoms with Crippen LogP contribution in [0.5, 0.6) is 5.88 Å². The van der Waals surface area contributed by atoms with Gasteiger partial charge in [0.2, 0.25) is 0 Å². The van der Waals surface area contributed by atoms with E-state index in [1.807, 2.05) is 13.8 Å². The molecule has 4 heteroatoms. The van der Waals surface area contributed by atoms with E-state index in [4.69, 9.17) is 9.05 Å². The summed E-state index contributed by atoms with van der Waals surface area (Å²) in [5.74, 6) is 1.44. The summed E-state index contributed by atoms with van der Waals surface area (Å²) >= 11 is 0. The molecule has 0 saturated heterocycles. The van der Waals surface area contributed by atoms with Gasteiger partial charge >= 0.3 is 0 Å². The average Bonchev–Trinajstić information content (AvgIpc) is 2.30. The fourth-order valence-corrected chi connectivity index (χ4v) is 1.01. The second kappa shape index (κ2) is 3.02. The van der Waals surface area contributed by atoms with Crippen LogP contribution in [0.2, 0.25) is 0 Å². The number of hydrogen-bond acceptors (Lipinski definition) is 3. The molecule has 0 aliphatic heterocycles. The van der Waals surface area contributed by atoms with Gasteiger partial charge in [-0.05, 0) is 12.1 Å². The lowest BCUT2D eigenvalue weighted by Gasteiger charge is -1.91. The fraction of sp³-hybridized carbons (Fsp3) is 0.500. The van der Waals surface area contributed by atoms with Crippen LogP contribution in [0.1, 0.15) is 18.2 Å². The van der Waals surface area contributed by atoms with Crippen LogP contribution in [-0.2, 0) is 6.42 Å². The summed E-state index contributed by atoms with van der Waals surface area (Å²) in [5, 5.41) is 3.69. The number of rotatable bonds is 2. The summed E-state index contributed by atoms with van der Waals surface area (Å²) in [6.45, 7) is 3.94. The van der Waals surface area contributed by atoms with Crippen LogP contribution in [0, 0.1) is 6.92 Å². The molecule has 0 aliphatic rings. The van der Waals surface area contributed by atoms with Gasteiger partial charge in [-0.15, -0.1) is 0 Å². The van der Waals surface area contributed by atoms with E-state index in [0.717, 1.165) is 17.7 Å². The van der Waals surface area contributed by atoms with Crippen molar-refractivity contribution in [3.8, 4) is 5.88 Å². The van der Waals surface area contributed by atoms with E-state index in [1.165, 1.54) is 0 Å². The molecule has 1 rings (SSSR count). The zero-order chi connectivity index (χ0) is 7.56. The van der Waals surface area contributed by atoms with E-state index in [-0.39, 0.29) is 0 Å². The minimum atomic E-state index is 0.557. The summed E-state index contributed by atoms with van der Waals surface area (Å²) in [7, 11) is 2.14. The largest absolute Gasteiger partial charge is 0.461 e. The number of hydrogen-bond donors (Lipinski definition) is 0. The Morgan fingerprint density at radius 2 is 2.40 bits per heavy atom. The highest BCUT2D eigenvalue weighted by molar-refractivity contribution is 7.10. The number of aryl methyl sites for hydroxylation is 1. The fourth-order valence-electron chi connectivity index (χ4n) is 0.792. The Balaban J connectivity index is 2.97. The lowest BCUT2D eigenvalue weighted by molar-refractivity contribution is 0.369. The van der Waals surface area contributed by atoms with Crippen molar-refractivity contribution in [2.24, 2.45) is 0 Å². The first-order valence-corrected chi connectivity index (χ1v) is 3.58. The van der Waals surface area contributed by atoms with E-state index in [9.17, 15) is 0 Å². The van der Waals surface area contributed by atoms with Crippen molar-refractivity contribution >= 4 is 9.47 Å². The maximum atomic E-state index is 4.95. The van der Waals surface area contributed by atoms with Crippen molar-refractivity contribution < 1.29 is 9.05 Å². The number of nitrogens with zero attached hydrogens (tertiary/aromatic N) is 1. The molecule has 56 valence electrons. The van der Waals surface area contributed by atoms with Gasteiger partial charge in [-0.3, -0.25) is 0 Å². The highest BCUT2D eigenvalue weighted by Gasteiger charge is 2.08. The van der Waals surface area contributed by atoms with Gasteiger partial charge in [0.15, 0.2) is 0 Å². The molecule has 0 spiro atoms. The van der Waals surface area contributed by atoms with Gasteiger partial charge in [-0.2, -0.15) is 0 Å². The van der Waals surface area contributed by atoms with E-state index in [1.54, 1.807) is 0 Å². The predicted molar refractivity (Wildman–Crippen MR) is 41.0 cm³/mol. The van der Waals surface area contributed by atoms with Gasteiger partial charge < -0.3 is 9.05 Å². The Bertz CT molecular complexity index is 200. The summed E-state index contributed by atoms with van der Waals surface area (Å²) in [6, 6.07) is 0. The maximum Gasteiger partial charge on any atom is 0.259 e. The van der Waals surface area contributed by atoms with Crippen LogP contribution in [0.15, 0.2) is 4.52 Å². The Morgan fingerprint density at radius 1 is 1.70 bits per heavy atom. The normalized spacial score (nSPS) is 9.90. The van der Waals surface area contributed by atoms with E-state index < -0.39 is 0 Å². The molecule has 0 radical (unpaired) electrons. The van der Waals surface area contributed by atoms with Crippen LogP contribution in [0.3, 0.4) is 0 Å². The molecular weight excluding hydrogens is 149 g/mol. The molecule has 0 bridgehead atoms. The molecule has 1 aromatic rings. The molecule has 1 aromatic heterocycles. The van der Waals surface area contributed by atoms with Gasteiger partial charge in [0, 0.05) is 6.42 Å². The Kier molecular flexibility index (Phi) is 2.28. The monoisotopic (exact) mass is 159 g/mol. The Hall–Kier alpha value is -0.560. The third kappa shape index (κ3) is 1.14. The van der Waals surface area contributed by atoms with E-state index in [2.05, 4.69) is 14.6 Å². The Morgan fingerprint density at radius 3 is 2.70 bits per heavy atom. The standard InChI is InChI=1S/C6H10NO2P/c1-3-5-4(2)6(9-10)7-8-5/h3,10H2,1-2H3. The molecule has 3 nitrogen and oxygen atoms in total. The molecule has 1 atom stereocenters. The predicted octanol–water partition coefficient (Wildman–Crippen LogP) is 1.71. The number of aromatic nitrogens is 1. The molecular formula is C6H10NO2P.